The summed E-state index contributed by atoms with van der Waals surface area (Å²) in [5.41, 5.74) is 6.08. The molecule has 3 N–H and O–H groups in total. The molecule has 0 fully saturated rings. The number of nitrogens with one attached hydrogen (secondary N) is 1. The van der Waals surface area contributed by atoms with E-state index in [1.165, 1.54) is 20.1 Å². The summed E-state index contributed by atoms with van der Waals surface area (Å²) in [4.78, 5) is 49.4. The average Bonchev–Trinajstić information content (AvgIpc) is 2.86. The molecule has 0 bridgehead atoms. The molecule has 0 aliphatic heterocycles. The van der Waals surface area contributed by atoms with Crippen LogP contribution in [0.2, 0.25) is 0 Å². The number of benzene rings is 1. The topological polar surface area (TPSA) is 134 Å². The molecule has 0 radical (unpaired) electrons. The van der Waals surface area contributed by atoms with E-state index in [2.05, 4.69) is 12.2 Å². The molecule has 9 nitrogen and oxygen atoms in total. The third-order valence-corrected chi connectivity index (χ3v) is 6.01. The summed E-state index contributed by atoms with van der Waals surface area (Å²) in [6.45, 7) is 7.00. The summed E-state index contributed by atoms with van der Waals surface area (Å²) in [5, 5.41) is 2.23. The van der Waals surface area contributed by atoms with Crippen LogP contribution >= 0.6 is 11.6 Å². The van der Waals surface area contributed by atoms with Crippen LogP contribution in [0.15, 0.2) is 29.3 Å². The summed E-state index contributed by atoms with van der Waals surface area (Å²) in [5.74, 6) is -2.98. The van der Waals surface area contributed by atoms with E-state index in [1.807, 2.05) is 19.1 Å². The number of ether oxygens (including phenoxy) is 3. The number of amides is 2. The van der Waals surface area contributed by atoms with Gasteiger partial charge in [0.2, 0.25) is 6.10 Å². The number of hydrogen-bond acceptors (Lipinski definition) is 7. The molecular weight excluding hydrogens is 488 g/mol. The molecule has 0 saturated carbocycles. The van der Waals surface area contributed by atoms with E-state index in [0.29, 0.717) is 18.6 Å². The van der Waals surface area contributed by atoms with Gasteiger partial charge in [-0.3, -0.25) is 9.59 Å². The molecule has 0 heterocycles. The lowest BCUT2D eigenvalue weighted by Gasteiger charge is -2.24. The second kappa shape index (κ2) is 15.8. The first-order chi connectivity index (χ1) is 17.1. The molecule has 0 saturated heterocycles. The van der Waals surface area contributed by atoms with Crippen LogP contribution in [0.4, 0.5) is 0 Å². The van der Waals surface area contributed by atoms with Crippen LogP contribution in [-0.2, 0) is 30.3 Å². The molecule has 1 aromatic carbocycles. The maximum absolute atomic E-state index is 13.2. The van der Waals surface area contributed by atoms with Gasteiger partial charge < -0.3 is 25.3 Å². The normalized spacial score (nSPS) is 13.8. The first-order valence-corrected chi connectivity index (χ1v) is 12.5. The van der Waals surface area contributed by atoms with Crippen LogP contribution in [0.3, 0.4) is 0 Å². The minimum atomic E-state index is -1.23. The molecule has 1 rings (SSSR count). The lowest BCUT2D eigenvalue weighted by molar-refractivity contribution is -0.165. The van der Waals surface area contributed by atoms with Gasteiger partial charge in [0, 0.05) is 12.5 Å². The van der Waals surface area contributed by atoms with E-state index >= 15 is 0 Å². The van der Waals surface area contributed by atoms with Gasteiger partial charge in [0.25, 0.3) is 11.8 Å². The highest BCUT2D eigenvalue weighted by atomic mass is 35.5. The highest BCUT2D eigenvalue weighted by molar-refractivity contribution is 6.41. The number of halogens is 1. The zero-order valence-corrected chi connectivity index (χ0v) is 22.4. The van der Waals surface area contributed by atoms with Crippen LogP contribution in [0.25, 0.3) is 0 Å². The standard InChI is InChI=1S/C26H37ClN2O7/c1-6-8-9-11-18-12-10-13-20(34-5)21(18)25(32)36-22(16(3)7-2)26(33)35-17(4)24(31)29-15-14-19(27)23(28)30/h10,12-14,16-17,22H,6-9,11,15H2,1-5H3,(H2,28,30)(H,29,31)/b19-14-/t16-,17-,22+/m0/s1. The van der Waals surface area contributed by atoms with E-state index in [-0.39, 0.29) is 23.1 Å². The maximum Gasteiger partial charge on any atom is 0.348 e. The number of nitrogens with two attached hydrogens (primary N) is 1. The Kier molecular flexibility index (Phi) is 13.6. The van der Waals surface area contributed by atoms with Crippen LogP contribution in [0.5, 0.6) is 5.75 Å². The molecule has 200 valence electrons. The molecule has 0 unspecified atom stereocenters. The van der Waals surface area contributed by atoms with Crippen molar-refractivity contribution >= 4 is 35.4 Å². The van der Waals surface area contributed by atoms with E-state index in [9.17, 15) is 19.2 Å². The van der Waals surface area contributed by atoms with Crippen molar-refractivity contribution in [1.82, 2.24) is 5.32 Å². The summed E-state index contributed by atoms with van der Waals surface area (Å²) in [7, 11) is 1.47. The molecule has 36 heavy (non-hydrogen) atoms. The Morgan fingerprint density at radius 3 is 2.39 bits per heavy atom. The SMILES string of the molecule is CCCCCc1cccc(OC)c1C(=O)O[C@@H](C(=O)O[C@@H](C)C(=O)NC/C=C(\Cl)C(N)=O)[C@@H](C)CC. The van der Waals surface area contributed by atoms with Gasteiger partial charge in [0.05, 0.1) is 7.11 Å². The van der Waals surface area contributed by atoms with Gasteiger partial charge >= 0.3 is 11.9 Å². The van der Waals surface area contributed by atoms with Crippen molar-refractivity contribution in [2.75, 3.05) is 13.7 Å². The fourth-order valence-electron chi connectivity index (χ4n) is 3.32. The van der Waals surface area contributed by atoms with Crippen molar-refractivity contribution < 1.29 is 33.4 Å². The molecule has 0 spiro atoms. The average molecular weight is 525 g/mol. The predicted octanol–water partition coefficient (Wildman–Crippen LogP) is 3.66. The summed E-state index contributed by atoms with van der Waals surface area (Å²) in [6.07, 6.45) is 2.95. The number of aryl methyl sites for hydroxylation is 1. The van der Waals surface area contributed by atoms with E-state index < -0.39 is 36.0 Å². The zero-order valence-electron chi connectivity index (χ0n) is 21.6. The van der Waals surface area contributed by atoms with Crippen molar-refractivity contribution in [3.8, 4) is 5.75 Å². The molecule has 0 aliphatic rings. The molecule has 10 heteroatoms. The Bertz CT molecular complexity index is 948. The summed E-state index contributed by atoms with van der Waals surface area (Å²) >= 11 is 5.61. The number of rotatable bonds is 15. The van der Waals surface area contributed by atoms with E-state index in [4.69, 9.17) is 31.5 Å². The van der Waals surface area contributed by atoms with Crippen molar-refractivity contribution in [1.29, 1.82) is 0 Å². The highest BCUT2D eigenvalue weighted by Crippen LogP contribution is 2.27. The van der Waals surface area contributed by atoms with Gasteiger partial charge in [-0.15, -0.1) is 0 Å². The monoisotopic (exact) mass is 524 g/mol. The Morgan fingerprint density at radius 2 is 1.81 bits per heavy atom. The number of methoxy groups -OCH3 is 1. The third-order valence-electron chi connectivity index (χ3n) is 5.67. The molecule has 0 aromatic heterocycles. The van der Waals surface area contributed by atoms with Gasteiger partial charge in [-0.25, -0.2) is 9.59 Å². The van der Waals surface area contributed by atoms with Gasteiger partial charge in [-0.2, -0.15) is 0 Å². The Hall–Kier alpha value is -3.07. The largest absolute Gasteiger partial charge is 0.496 e. The summed E-state index contributed by atoms with van der Waals surface area (Å²) in [6, 6.07) is 5.32. The van der Waals surface area contributed by atoms with Crippen LogP contribution in [0.1, 0.15) is 69.3 Å². The van der Waals surface area contributed by atoms with Crippen molar-refractivity contribution in [3.05, 3.63) is 40.4 Å². The van der Waals surface area contributed by atoms with Crippen LogP contribution < -0.4 is 15.8 Å². The second-order valence-corrected chi connectivity index (χ2v) is 8.81. The third kappa shape index (κ3) is 9.53. The van der Waals surface area contributed by atoms with Crippen LogP contribution in [-0.4, -0.2) is 49.6 Å². The Morgan fingerprint density at radius 1 is 1.11 bits per heavy atom. The number of esters is 2. The lowest BCUT2D eigenvalue weighted by Crippen LogP contribution is -2.41. The maximum atomic E-state index is 13.2. The zero-order chi connectivity index (χ0) is 27.3. The minimum Gasteiger partial charge on any atom is -0.496 e. The molecule has 0 aliphatic carbocycles. The number of hydrogen-bond donors (Lipinski definition) is 2. The fourth-order valence-corrected chi connectivity index (χ4v) is 3.39. The predicted molar refractivity (Wildman–Crippen MR) is 137 cm³/mol. The quantitative estimate of drug-likeness (QED) is 0.203. The van der Waals surface area contributed by atoms with Gasteiger partial charge in [0.1, 0.15) is 16.3 Å². The first kappa shape index (κ1) is 31.0. The second-order valence-electron chi connectivity index (χ2n) is 8.40. The Balaban J connectivity index is 2.99. The van der Waals surface area contributed by atoms with Crippen molar-refractivity contribution in [3.63, 3.8) is 0 Å². The number of unbranched alkanes of at least 4 members (excludes halogenated alkanes) is 2. The van der Waals surface area contributed by atoms with Crippen molar-refractivity contribution in [2.24, 2.45) is 11.7 Å². The van der Waals surface area contributed by atoms with E-state index in [1.54, 1.807) is 13.0 Å². The van der Waals surface area contributed by atoms with Crippen LogP contribution in [0, 0.1) is 5.92 Å². The molecule has 1 aromatic rings. The van der Waals surface area contributed by atoms with Crippen molar-refractivity contribution in [2.45, 2.75) is 72.0 Å². The number of carbonyl (C=O) groups is 4. The molecular formula is C26H37ClN2O7. The first-order valence-electron chi connectivity index (χ1n) is 12.1. The molecule has 2 amide bonds. The fraction of sp³-hybridized carbons (Fsp3) is 0.538. The highest BCUT2D eigenvalue weighted by Gasteiger charge is 2.33. The van der Waals surface area contributed by atoms with Gasteiger partial charge in [0.15, 0.2) is 6.10 Å². The molecule has 3 atom stereocenters. The van der Waals surface area contributed by atoms with Gasteiger partial charge in [-0.1, -0.05) is 57.3 Å². The van der Waals surface area contributed by atoms with E-state index in [0.717, 1.165) is 24.8 Å². The van der Waals surface area contributed by atoms with Gasteiger partial charge in [-0.05, 0) is 43.9 Å². The number of carbonyl (C=O) groups excluding carboxylic acids is 4. The summed E-state index contributed by atoms with van der Waals surface area (Å²) < 4.78 is 16.4. The smallest absolute Gasteiger partial charge is 0.348 e. The lowest BCUT2D eigenvalue weighted by atomic mass is 9.99. The minimum absolute atomic E-state index is 0.0825. The Labute approximate surface area is 217 Å². The number of primary amides is 1.